The number of rotatable bonds is 5. The van der Waals surface area contributed by atoms with Crippen molar-refractivity contribution in [3.05, 3.63) is 83.2 Å². The number of benzene rings is 2. The molecule has 1 aromatic heterocycles. The van der Waals surface area contributed by atoms with Crippen LogP contribution in [-0.2, 0) is 6.54 Å². The zero-order valence-electron chi connectivity index (χ0n) is 14.2. The number of aryl methyl sites for hydroxylation is 1. The number of para-hydroxylation sites is 1. The topological polar surface area (TPSA) is 66.9 Å². The lowest BCUT2D eigenvalue weighted by Crippen LogP contribution is -1.98. The summed E-state index contributed by atoms with van der Waals surface area (Å²) in [5.74, 6) is -0.947. The number of carboxylic acid groups (broad SMARTS) is 1. The maximum Gasteiger partial charge on any atom is 0.335 e. The van der Waals surface area contributed by atoms with Gasteiger partial charge in [-0.05, 0) is 61.9 Å². The van der Waals surface area contributed by atoms with E-state index in [1.807, 2.05) is 18.2 Å². The summed E-state index contributed by atoms with van der Waals surface area (Å²) in [6.45, 7) is 4.63. The van der Waals surface area contributed by atoms with Crippen LogP contribution in [0.5, 0.6) is 0 Å². The molecule has 0 spiro atoms. The molecule has 0 saturated heterocycles. The predicted octanol–water partition coefficient (Wildman–Crippen LogP) is 5.08. The van der Waals surface area contributed by atoms with Gasteiger partial charge in [-0.15, -0.1) is 0 Å². The fourth-order valence-electron chi connectivity index (χ4n) is 2.83. The second kappa shape index (κ2) is 7.13. The van der Waals surface area contributed by atoms with Crippen molar-refractivity contribution in [1.29, 1.82) is 0 Å². The zero-order chi connectivity index (χ0) is 17.8. The van der Waals surface area contributed by atoms with Crippen LogP contribution in [0.2, 0.25) is 0 Å². The molecule has 126 valence electrons. The van der Waals surface area contributed by atoms with E-state index in [1.54, 1.807) is 12.1 Å². The van der Waals surface area contributed by atoms with Crippen LogP contribution in [0.1, 0.15) is 27.3 Å². The average Bonchev–Trinajstić information content (AvgIpc) is 2.90. The Kier molecular flexibility index (Phi) is 4.75. The monoisotopic (exact) mass is 333 g/mol. The number of hydrogen-bond donors (Lipinski definition) is 1. The summed E-state index contributed by atoms with van der Waals surface area (Å²) in [5, 5.41) is 17.3. The predicted molar refractivity (Wildman–Crippen MR) is 96.9 cm³/mol. The van der Waals surface area contributed by atoms with Gasteiger partial charge in [0.1, 0.15) is 0 Å². The summed E-state index contributed by atoms with van der Waals surface area (Å²) in [6, 6.07) is 18.7. The number of nitrogens with zero attached hydrogens (tertiary/aromatic N) is 3. The number of carbonyl (C=O) groups is 1. The molecule has 3 aromatic rings. The quantitative estimate of drug-likeness (QED) is 0.662. The standard InChI is InChI=1S/C20H19N3O2/c1-14-12-17(15(2)23(14)19-6-4-3-5-7-19)13-21-22-18-10-8-16(9-11-18)20(24)25/h3-12H,13H2,1-2H3,(H,24,25). The highest BCUT2D eigenvalue weighted by atomic mass is 16.4. The fraction of sp³-hybridized carbons (Fsp3) is 0.150. The van der Waals surface area contributed by atoms with Gasteiger partial charge < -0.3 is 9.67 Å². The minimum atomic E-state index is -0.947. The van der Waals surface area contributed by atoms with Gasteiger partial charge in [-0.25, -0.2) is 4.79 Å². The second-order valence-electron chi connectivity index (χ2n) is 5.82. The van der Waals surface area contributed by atoms with Gasteiger partial charge >= 0.3 is 5.97 Å². The van der Waals surface area contributed by atoms with E-state index < -0.39 is 5.97 Å². The Balaban J connectivity index is 1.77. The van der Waals surface area contributed by atoms with Crippen LogP contribution in [-0.4, -0.2) is 15.6 Å². The van der Waals surface area contributed by atoms with E-state index >= 15 is 0 Å². The number of azo groups is 1. The Morgan fingerprint density at radius 2 is 1.72 bits per heavy atom. The molecule has 3 rings (SSSR count). The summed E-state index contributed by atoms with van der Waals surface area (Å²) in [6.07, 6.45) is 0. The van der Waals surface area contributed by atoms with Gasteiger partial charge in [0.25, 0.3) is 0 Å². The maximum absolute atomic E-state index is 10.8. The van der Waals surface area contributed by atoms with E-state index in [1.165, 1.54) is 12.1 Å². The third kappa shape index (κ3) is 3.66. The lowest BCUT2D eigenvalue weighted by Gasteiger charge is -2.09. The third-order valence-electron chi connectivity index (χ3n) is 4.09. The average molecular weight is 333 g/mol. The normalized spacial score (nSPS) is 11.1. The molecule has 2 aromatic carbocycles. The molecule has 1 heterocycles. The van der Waals surface area contributed by atoms with Crippen LogP contribution >= 0.6 is 0 Å². The molecule has 0 fully saturated rings. The van der Waals surface area contributed by atoms with Crippen molar-refractivity contribution in [1.82, 2.24) is 4.57 Å². The van der Waals surface area contributed by atoms with Gasteiger partial charge in [0.2, 0.25) is 0 Å². The van der Waals surface area contributed by atoms with E-state index in [9.17, 15) is 4.79 Å². The van der Waals surface area contributed by atoms with E-state index in [2.05, 4.69) is 46.8 Å². The summed E-state index contributed by atoms with van der Waals surface area (Å²) in [5.41, 5.74) is 5.42. The highest BCUT2D eigenvalue weighted by Gasteiger charge is 2.10. The molecule has 0 atom stereocenters. The van der Waals surface area contributed by atoms with E-state index in [4.69, 9.17) is 5.11 Å². The maximum atomic E-state index is 10.8. The largest absolute Gasteiger partial charge is 0.478 e. The summed E-state index contributed by atoms with van der Waals surface area (Å²) in [4.78, 5) is 10.8. The minimum Gasteiger partial charge on any atom is -0.478 e. The Morgan fingerprint density at radius 3 is 2.36 bits per heavy atom. The molecule has 0 amide bonds. The number of carboxylic acids is 1. The number of aromatic nitrogens is 1. The highest BCUT2D eigenvalue weighted by molar-refractivity contribution is 5.87. The molecular weight excluding hydrogens is 314 g/mol. The van der Waals surface area contributed by atoms with Crippen molar-refractivity contribution in [2.75, 3.05) is 0 Å². The molecule has 5 nitrogen and oxygen atoms in total. The Morgan fingerprint density at radius 1 is 1.04 bits per heavy atom. The first-order chi connectivity index (χ1) is 12.1. The SMILES string of the molecule is Cc1cc(CN=Nc2ccc(C(=O)O)cc2)c(C)n1-c1ccccc1. The van der Waals surface area contributed by atoms with Crippen LogP contribution in [0.3, 0.4) is 0 Å². The molecule has 5 heteroatoms. The molecule has 25 heavy (non-hydrogen) atoms. The van der Waals surface area contributed by atoms with Crippen LogP contribution in [0.25, 0.3) is 5.69 Å². The first kappa shape index (κ1) is 16.6. The highest BCUT2D eigenvalue weighted by Crippen LogP contribution is 2.22. The van der Waals surface area contributed by atoms with Crippen molar-refractivity contribution in [3.63, 3.8) is 0 Å². The summed E-state index contributed by atoms with van der Waals surface area (Å²) >= 11 is 0. The van der Waals surface area contributed by atoms with Gasteiger partial charge in [0.05, 0.1) is 17.8 Å². The van der Waals surface area contributed by atoms with Crippen molar-refractivity contribution in [2.24, 2.45) is 10.2 Å². The van der Waals surface area contributed by atoms with E-state index in [0.717, 1.165) is 22.6 Å². The van der Waals surface area contributed by atoms with Crippen molar-refractivity contribution < 1.29 is 9.90 Å². The first-order valence-corrected chi connectivity index (χ1v) is 8.00. The molecule has 0 saturated carbocycles. The molecular formula is C20H19N3O2. The molecule has 0 unspecified atom stereocenters. The van der Waals surface area contributed by atoms with E-state index in [-0.39, 0.29) is 5.56 Å². The smallest absolute Gasteiger partial charge is 0.335 e. The minimum absolute atomic E-state index is 0.241. The van der Waals surface area contributed by atoms with Gasteiger partial charge in [0.15, 0.2) is 0 Å². The van der Waals surface area contributed by atoms with Gasteiger partial charge in [-0.1, -0.05) is 18.2 Å². The van der Waals surface area contributed by atoms with Crippen LogP contribution in [0, 0.1) is 13.8 Å². The fourth-order valence-corrected chi connectivity index (χ4v) is 2.83. The number of hydrogen-bond acceptors (Lipinski definition) is 3. The first-order valence-electron chi connectivity index (χ1n) is 8.00. The van der Waals surface area contributed by atoms with Crippen molar-refractivity contribution in [3.8, 4) is 5.69 Å². The lowest BCUT2D eigenvalue weighted by molar-refractivity contribution is 0.0697. The molecule has 1 N–H and O–H groups in total. The van der Waals surface area contributed by atoms with E-state index in [0.29, 0.717) is 12.2 Å². The zero-order valence-corrected chi connectivity index (χ0v) is 14.2. The summed E-state index contributed by atoms with van der Waals surface area (Å²) < 4.78 is 2.20. The molecule has 0 aliphatic carbocycles. The Bertz CT molecular complexity index is 910. The second-order valence-corrected chi connectivity index (χ2v) is 5.82. The van der Waals surface area contributed by atoms with Crippen molar-refractivity contribution >= 4 is 11.7 Å². The third-order valence-corrected chi connectivity index (χ3v) is 4.09. The molecule has 0 radical (unpaired) electrons. The van der Waals surface area contributed by atoms with Crippen LogP contribution in [0.15, 0.2) is 70.9 Å². The Hall–Kier alpha value is -3.21. The lowest BCUT2D eigenvalue weighted by atomic mass is 10.2. The molecule has 0 aliphatic heterocycles. The van der Waals surface area contributed by atoms with Crippen LogP contribution in [0.4, 0.5) is 5.69 Å². The van der Waals surface area contributed by atoms with Crippen molar-refractivity contribution in [2.45, 2.75) is 20.4 Å². The Labute approximate surface area is 146 Å². The molecule has 0 aliphatic rings. The van der Waals surface area contributed by atoms with Gasteiger partial charge in [-0.2, -0.15) is 10.2 Å². The number of aromatic carboxylic acids is 1. The molecule has 0 bridgehead atoms. The van der Waals surface area contributed by atoms with Gasteiger partial charge in [0, 0.05) is 17.1 Å². The van der Waals surface area contributed by atoms with Gasteiger partial charge in [-0.3, -0.25) is 0 Å². The summed E-state index contributed by atoms with van der Waals surface area (Å²) in [7, 11) is 0. The van der Waals surface area contributed by atoms with Crippen LogP contribution < -0.4 is 0 Å².